The molecule has 1 unspecified atom stereocenters. The molecular formula is C13H26N2O2S. The van der Waals surface area contributed by atoms with Gasteiger partial charge in [0.25, 0.3) is 0 Å². The molecule has 2 fully saturated rings. The number of nitrogens with zero attached hydrogens (tertiary/aromatic N) is 1. The molecule has 0 aromatic heterocycles. The highest BCUT2D eigenvalue weighted by atomic mass is 32.2. The van der Waals surface area contributed by atoms with Crippen LogP contribution in [0.3, 0.4) is 0 Å². The molecule has 0 spiro atoms. The van der Waals surface area contributed by atoms with Crippen molar-refractivity contribution in [3.05, 3.63) is 0 Å². The molecule has 0 aromatic rings. The molecule has 2 heterocycles. The smallest absolute Gasteiger partial charge is 0.150 e. The minimum absolute atomic E-state index is 0.364. The molecule has 0 aliphatic carbocycles. The lowest BCUT2D eigenvalue weighted by Crippen LogP contribution is -2.47. The Morgan fingerprint density at radius 2 is 1.78 bits per heavy atom. The molecular weight excluding hydrogens is 248 g/mol. The maximum Gasteiger partial charge on any atom is 0.150 e. The minimum atomic E-state index is -2.73. The van der Waals surface area contributed by atoms with Crippen LogP contribution in [0.1, 0.15) is 39.0 Å². The van der Waals surface area contributed by atoms with Crippen LogP contribution in [0.15, 0.2) is 0 Å². The lowest BCUT2D eigenvalue weighted by molar-refractivity contribution is 0.167. The van der Waals surface area contributed by atoms with E-state index in [-0.39, 0.29) is 0 Å². The molecule has 2 aliphatic heterocycles. The average Bonchev–Trinajstić information content (AvgIpc) is 2.38. The van der Waals surface area contributed by atoms with Gasteiger partial charge in [-0.3, -0.25) is 4.90 Å². The summed E-state index contributed by atoms with van der Waals surface area (Å²) in [6.07, 6.45) is 5.60. The van der Waals surface area contributed by atoms with Gasteiger partial charge in [0.05, 0.1) is 11.5 Å². The van der Waals surface area contributed by atoms with Crippen LogP contribution in [0.25, 0.3) is 0 Å². The second kappa shape index (κ2) is 6.35. The Morgan fingerprint density at radius 3 is 2.39 bits per heavy atom. The molecule has 0 aromatic carbocycles. The first kappa shape index (κ1) is 14.3. The van der Waals surface area contributed by atoms with Crippen molar-refractivity contribution in [2.45, 2.75) is 51.1 Å². The maximum atomic E-state index is 11.3. The number of likely N-dealkylation sites (tertiary alicyclic amines) is 1. The lowest BCUT2D eigenvalue weighted by Gasteiger charge is -2.34. The zero-order chi connectivity index (χ0) is 13.0. The van der Waals surface area contributed by atoms with E-state index in [9.17, 15) is 8.42 Å². The van der Waals surface area contributed by atoms with E-state index in [1.165, 1.54) is 32.4 Å². The number of nitrogens with one attached hydrogen (secondary N) is 1. The van der Waals surface area contributed by atoms with Crippen LogP contribution in [-0.2, 0) is 9.84 Å². The van der Waals surface area contributed by atoms with E-state index in [1.807, 2.05) is 0 Å². The van der Waals surface area contributed by atoms with Crippen LogP contribution < -0.4 is 5.32 Å². The first-order chi connectivity index (χ1) is 8.57. The van der Waals surface area contributed by atoms with Crippen LogP contribution in [0, 0.1) is 0 Å². The van der Waals surface area contributed by atoms with Gasteiger partial charge in [-0.25, -0.2) is 8.42 Å². The third-order valence-corrected chi connectivity index (χ3v) is 5.99. The quantitative estimate of drug-likeness (QED) is 0.832. The molecule has 2 rings (SSSR count). The second-order valence-electron chi connectivity index (χ2n) is 5.78. The fourth-order valence-electron chi connectivity index (χ4n) is 2.92. The highest BCUT2D eigenvalue weighted by molar-refractivity contribution is 7.91. The Bertz CT molecular complexity index is 336. The summed E-state index contributed by atoms with van der Waals surface area (Å²) in [5.74, 6) is 0.728. The second-order valence-corrected chi connectivity index (χ2v) is 8.08. The number of hydrogen-bond donors (Lipinski definition) is 1. The molecule has 18 heavy (non-hydrogen) atoms. The highest BCUT2D eigenvalue weighted by Crippen LogP contribution is 2.14. The predicted octanol–water partition coefficient (Wildman–Crippen LogP) is 1.03. The Labute approximate surface area is 111 Å². The largest absolute Gasteiger partial charge is 0.312 e. The summed E-state index contributed by atoms with van der Waals surface area (Å²) < 4.78 is 22.7. The van der Waals surface area contributed by atoms with Gasteiger partial charge in [-0.1, -0.05) is 6.42 Å². The van der Waals surface area contributed by atoms with Crippen LogP contribution in [-0.4, -0.2) is 56.5 Å². The van der Waals surface area contributed by atoms with Gasteiger partial charge in [-0.2, -0.15) is 0 Å². The summed E-state index contributed by atoms with van der Waals surface area (Å²) in [5, 5.41) is 3.55. The SMILES string of the molecule is CC(CNC1CCS(=O)(=O)CC1)N1CCCCC1. The van der Waals surface area contributed by atoms with Gasteiger partial charge in [-0.05, 0) is 45.7 Å². The number of rotatable bonds is 4. The third kappa shape index (κ3) is 4.21. The molecule has 0 radical (unpaired) electrons. The van der Waals surface area contributed by atoms with Crippen molar-refractivity contribution in [1.82, 2.24) is 10.2 Å². The van der Waals surface area contributed by atoms with Crippen molar-refractivity contribution in [2.24, 2.45) is 0 Å². The molecule has 5 heteroatoms. The predicted molar refractivity (Wildman–Crippen MR) is 74.6 cm³/mol. The van der Waals surface area contributed by atoms with Gasteiger partial charge in [0.2, 0.25) is 0 Å². The summed E-state index contributed by atoms with van der Waals surface area (Å²) >= 11 is 0. The van der Waals surface area contributed by atoms with Gasteiger partial charge in [0, 0.05) is 18.6 Å². The molecule has 1 N–H and O–H groups in total. The number of piperidine rings is 1. The minimum Gasteiger partial charge on any atom is -0.312 e. The van der Waals surface area contributed by atoms with Crippen LogP contribution in [0.2, 0.25) is 0 Å². The Hall–Kier alpha value is -0.130. The van der Waals surface area contributed by atoms with Crippen LogP contribution in [0.4, 0.5) is 0 Å². The van der Waals surface area contributed by atoms with E-state index in [0.717, 1.165) is 19.4 Å². The highest BCUT2D eigenvalue weighted by Gasteiger charge is 2.24. The zero-order valence-electron chi connectivity index (χ0n) is 11.4. The summed E-state index contributed by atoms with van der Waals surface area (Å²) in [5.41, 5.74) is 0. The standard InChI is InChI=1S/C13H26N2O2S/c1-12(15-7-3-2-4-8-15)11-14-13-5-9-18(16,17)10-6-13/h12-14H,2-11H2,1H3. The van der Waals surface area contributed by atoms with E-state index in [0.29, 0.717) is 23.6 Å². The first-order valence-corrected chi connectivity index (χ1v) is 9.07. The molecule has 2 aliphatic rings. The van der Waals surface area contributed by atoms with E-state index in [4.69, 9.17) is 0 Å². The van der Waals surface area contributed by atoms with Crippen molar-refractivity contribution in [1.29, 1.82) is 0 Å². The molecule has 0 amide bonds. The summed E-state index contributed by atoms with van der Waals surface area (Å²) in [6.45, 7) is 5.71. The summed E-state index contributed by atoms with van der Waals surface area (Å²) in [7, 11) is -2.73. The van der Waals surface area contributed by atoms with Crippen molar-refractivity contribution in [3.8, 4) is 0 Å². The Morgan fingerprint density at radius 1 is 1.17 bits per heavy atom. The molecule has 0 saturated carbocycles. The van der Waals surface area contributed by atoms with Crippen LogP contribution >= 0.6 is 0 Å². The van der Waals surface area contributed by atoms with E-state index in [1.54, 1.807) is 0 Å². The number of sulfone groups is 1. The van der Waals surface area contributed by atoms with Gasteiger partial charge < -0.3 is 5.32 Å². The summed E-state index contributed by atoms with van der Waals surface area (Å²) in [4.78, 5) is 2.55. The fraction of sp³-hybridized carbons (Fsp3) is 1.00. The van der Waals surface area contributed by atoms with Crippen molar-refractivity contribution in [3.63, 3.8) is 0 Å². The maximum absolute atomic E-state index is 11.3. The summed E-state index contributed by atoms with van der Waals surface area (Å²) in [6, 6.07) is 0.976. The topological polar surface area (TPSA) is 49.4 Å². The van der Waals surface area contributed by atoms with E-state index >= 15 is 0 Å². The van der Waals surface area contributed by atoms with Gasteiger partial charge >= 0.3 is 0 Å². The normalized spacial score (nSPS) is 28.1. The van der Waals surface area contributed by atoms with E-state index in [2.05, 4.69) is 17.1 Å². The third-order valence-electron chi connectivity index (χ3n) is 4.27. The van der Waals surface area contributed by atoms with Crippen molar-refractivity contribution in [2.75, 3.05) is 31.1 Å². The molecule has 106 valence electrons. The Kier molecular flexibility index (Phi) is 5.04. The van der Waals surface area contributed by atoms with Crippen molar-refractivity contribution < 1.29 is 8.42 Å². The van der Waals surface area contributed by atoms with Gasteiger partial charge in [0.1, 0.15) is 9.84 Å². The number of hydrogen-bond acceptors (Lipinski definition) is 4. The first-order valence-electron chi connectivity index (χ1n) is 7.25. The van der Waals surface area contributed by atoms with Crippen molar-refractivity contribution >= 4 is 9.84 Å². The monoisotopic (exact) mass is 274 g/mol. The Balaban J connectivity index is 1.68. The molecule has 4 nitrogen and oxygen atoms in total. The average molecular weight is 274 g/mol. The van der Waals surface area contributed by atoms with Gasteiger partial charge in [-0.15, -0.1) is 0 Å². The van der Waals surface area contributed by atoms with Gasteiger partial charge in [0.15, 0.2) is 0 Å². The molecule has 1 atom stereocenters. The van der Waals surface area contributed by atoms with E-state index < -0.39 is 9.84 Å². The van der Waals surface area contributed by atoms with Crippen LogP contribution in [0.5, 0.6) is 0 Å². The zero-order valence-corrected chi connectivity index (χ0v) is 12.2. The molecule has 0 bridgehead atoms. The lowest BCUT2D eigenvalue weighted by atomic mass is 10.1. The fourth-order valence-corrected chi connectivity index (χ4v) is 4.41. The molecule has 2 saturated heterocycles.